The molecule has 168 valence electrons. The van der Waals surface area contributed by atoms with Crippen molar-refractivity contribution < 1.29 is 26.7 Å². The third-order valence-electron chi connectivity index (χ3n) is 4.71. The number of methoxy groups -OCH3 is 1. The second-order valence-electron chi connectivity index (χ2n) is 6.81. The monoisotopic (exact) mass is 471 g/mol. The normalized spacial score (nSPS) is 14.8. The van der Waals surface area contributed by atoms with Crippen LogP contribution in [-0.4, -0.2) is 44.6 Å². The summed E-state index contributed by atoms with van der Waals surface area (Å²) in [6.45, 7) is -1.90. The maximum Gasteiger partial charge on any atom is 0.387 e. The number of nitrogens with zero attached hydrogens (tertiary/aromatic N) is 1. The first kappa shape index (κ1) is 23.2. The molecular formula is C20H23F2N3O4S2. The van der Waals surface area contributed by atoms with E-state index >= 15 is 0 Å². The summed E-state index contributed by atoms with van der Waals surface area (Å²) in [6, 6.07) is 10.4. The van der Waals surface area contributed by atoms with E-state index in [0.29, 0.717) is 30.2 Å². The average molecular weight is 472 g/mol. The van der Waals surface area contributed by atoms with Crippen LogP contribution < -0.4 is 20.1 Å². The van der Waals surface area contributed by atoms with Gasteiger partial charge in [-0.3, -0.25) is 0 Å². The highest BCUT2D eigenvalue weighted by Gasteiger charge is 2.26. The molecule has 2 aromatic rings. The van der Waals surface area contributed by atoms with Gasteiger partial charge in [0.2, 0.25) is 10.0 Å². The van der Waals surface area contributed by atoms with Gasteiger partial charge in [-0.25, -0.2) is 8.42 Å². The molecule has 1 aliphatic heterocycles. The van der Waals surface area contributed by atoms with Crippen molar-refractivity contribution in [3.8, 4) is 11.5 Å². The molecule has 0 saturated carbocycles. The van der Waals surface area contributed by atoms with Gasteiger partial charge in [0.1, 0.15) is 11.5 Å². The molecular weight excluding hydrogens is 448 g/mol. The fourth-order valence-corrected chi connectivity index (χ4v) is 4.98. The van der Waals surface area contributed by atoms with Crippen molar-refractivity contribution in [3.05, 3.63) is 42.5 Å². The van der Waals surface area contributed by atoms with Crippen molar-refractivity contribution in [2.75, 3.05) is 30.8 Å². The van der Waals surface area contributed by atoms with Gasteiger partial charge in [0.05, 0.1) is 17.7 Å². The number of benzene rings is 2. The first-order valence-electron chi connectivity index (χ1n) is 9.60. The van der Waals surface area contributed by atoms with Crippen molar-refractivity contribution >= 4 is 38.7 Å². The molecule has 1 heterocycles. The number of piperidine rings is 1. The Morgan fingerprint density at radius 3 is 2.35 bits per heavy atom. The van der Waals surface area contributed by atoms with E-state index in [1.54, 1.807) is 6.07 Å². The lowest BCUT2D eigenvalue weighted by Gasteiger charge is -2.26. The fraction of sp³-hybridized carbons (Fsp3) is 0.350. The van der Waals surface area contributed by atoms with Gasteiger partial charge in [0.15, 0.2) is 5.11 Å². The van der Waals surface area contributed by atoms with Crippen LogP contribution in [-0.2, 0) is 10.0 Å². The molecule has 0 amide bonds. The first-order valence-corrected chi connectivity index (χ1v) is 11.5. The number of thiocarbonyl (C=S) groups is 1. The smallest absolute Gasteiger partial charge is 0.387 e. The Morgan fingerprint density at radius 2 is 1.74 bits per heavy atom. The molecule has 7 nitrogen and oxygen atoms in total. The molecule has 0 aromatic heterocycles. The maximum atomic E-state index is 13.0. The predicted octanol–water partition coefficient (Wildman–Crippen LogP) is 4.28. The largest absolute Gasteiger partial charge is 0.495 e. The van der Waals surface area contributed by atoms with Gasteiger partial charge in [-0.2, -0.15) is 13.1 Å². The van der Waals surface area contributed by atoms with E-state index in [4.69, 9.17) is 17.0 Å². The SMILES string of the molecule is COc1ccc(S(=O)(=O)N2CCCCC2)cc1NC(=S)Nc1ccc(OC(F)F)cc1. The van der Waals surface area contributed by atoms with Gasteiger partial charge >= 0.3 is 6.61 Å². The lowest BCUT2D eigenvalue weighted by atomic mass is 10.2. The minimum Gasteiger partial charge on any atom is -0.495 e. The standard InChI is InChI=1S/C20H23F2N3O4S2/c1-28-18-10-9-16(31(26,27)25-11-3-2-4-12-25)13-17(18)24-20(30)23-14-5-7-15(8-6-14)29-19(21)22/h5-10,13,19H,2-4,11-12H2,1H3,(H2,23,24,30). The van der Waals surface area contributed by atoms with Crippen LogP contribution in [0.4, 0.5) is 20.2 Å². The fourth-order valence-electron chi connectivity index (χ4n) is 3.20. The summed E-state index contributed by atoms with van der Waals surface area (Å²) in [6.07, 6.45) is 2.71. The number of anilines is 2. The minimum atomic E-state index is -3.62. The van der Waals surface area contributed by atoms with E-state index in [9.17, 15) is 17.2 Å². The van der Waals surface area contributed by atoms with Gasteiger partial charge in [-0.1, -0.05) is 6.42 Å². The Kier molecular flexibility index (Phi) is 7.63. The Labute approximate surface area is 185 Å². The predicted molar refractivity (Wildman–Crippen MR) is 119 cm³/mol. The highest BCUT2D eigenvalue weighted by molar-refractivity contribution is 7.89. The maximum absolute atomic E-state index is 13.0. The summed E-state index contributed by atoms with van der Waals surface area (Å²) in [4.78, 5) is 0.147. The number of hydrogen-bond acceptors (Lipinski definition) is 5. The lowest BCUT2D eigenvalue weighted by Crippen LogP contribution is -2.35. The Balaban J connectivity index is 1.74. The van der Waals surface area contributed by atoms with Crippen LogP contribution in [0.5, 0.6) is 11.5 Å². The molecule has 1 aliphatic rings. The van der Waals surface area contributed by atoms with Crippen LogP contribution in [0.2, 0.25) is 0 Å². The summed E-state index contributed by atoms with van der Waals surface area (Å²) in [5.74, 6) is 0.444. The van der Waals surface area contributed by atoms with E-state index in [1.165, 1.54) is 47.8 Å². The Morgan fingerprint density at radius 1 is 1.06 bits per heavy atom. The van der Waals surface area contributed by atoms with Gasteiger partial charge in [-0.15, -0.1) is 0 Å². The quantitative estimate of drug-likeness (QED) is 0.584. The molecule has 0 atom stereocenters. The van der Waals surface area contributed by atoms with Gasteiger partial charge in [0, 0.05) is 18.8 Å². The highest BCUT2D eigenvalue weighted by atomic mass is 32.2. The molecule has 0 radical (unpaired) electrons. The molecule has 11 heteroatoms. The topological polar surface area (TPSA) is 79.9 Å². The van der Waals surface area contributed by atoms with Crippen molar-refractivity contribution in [3.63, 3.8) is 0 Å². The van der Waals surface area contributed by atoms with Crippen molar-refractivity contribution in [1.29, 1.82) is 0 Å². The average Bonchev–Trinajstić information content (AvgIpc) is 2.75. The Bertz CT molecular complexity index is 1010. The van der Waals surface area contributed by atoms with Crippen LogP contribution in [0.1, 0.15) is 19.3 Å². The molecule has 1 fully saturated rings. The number of hydrogen-bond donors (Lipinski definition) is 2. The second-order valence-corrected chi connectivity index (χ2v) is 9.16. The summed E-state index contributed by atoms with van der Waals surface area (Å²) >= 11 is 5.30. The van der Waals surface area contributed by atoms with E-state index < -0.39 is 16.6 Å². The molecule has 0 bridgehead atoms. The molecule has 0 aliphatic carbocycles. The minimum absolute atomic E-state index is 0.0247. The van der Waals surface area contributed by atoms with Crippen LogP contribution in [0, 0.1) is 0 Å². The highest BCUT2D eigenvalue weighted by Crippen LogP contribution is 2.30. The van der Waals surface area contributed by atoms with E-state index in [1.807, 2.05) is 0 Å². The van der Waals surface area contributed by atoms with Gasteiger partial charge in [-0.05, 0) is 67.5 Å². The van der Waals surface area contributed by atoms with Gasteiger partial charge < -0.3 is 20.1 Å². The lowest BCUT2D eigenvalue weighted by molar-refractivity contribution is -0.0498. The van der Waals surface area contributed by atoms with Crippen LogP contribution in [0.3, 0.4) is 0 Å². The van der Waals surface area contributed by atoms with Crippen LogP contribution in [0.15, 0.2) is 47.4 Å². The molecule has 0 unspecified atom stereocenters. The number of halogens is 2. The number of alkyl halides is 2. The summed E-state index contributed by atoms with van der Waals surface area (Å²) in [7, 11) is -2.15. The number of ether oxygens (including phenoxy) is 2. The zero-order valence-corrected chi connectivity index (χ0v) is 18.4. The zero-order chi connectivity index (χ0) is 22.4. The summed E-state index contributed by atoms with van der Waals surface area (Å²) < 4.78 is 61.6. The molecule has 3 rings (SSSR count). The van der Waals surface area contributed by atoms with Crippen LogP contribution >= 0.6 is 12.2 Å². The number of rotatable bonds is 7. The molecule has 31 heavy (non-hydrogen) atoms. The number of sulfonamides is 1. The molecule has 2 N–H and O–H groups in total. The molecule has 0 spiro atoms. The van der Waals surface area contributed by atoms with Crippen molar-refractivity contribution in [2.45, 2.75) is 30.8 Å². The van der Waals surface area contributed by atoms with Crippen molar-refractivity contribution in [1.82, 2.24) is 4.31 Å². The van der Waals surface area contributed by atoms with E-state index in [2.05, 4.69) is 15.4 Å². The number of nitrogens with one attached hydrogen (secondary N) is 2. The molecule has 1 saturated heterocycles. The third-order valence-corrected chi connectivity index (χ3v) is 6.81. The summed E-state index contributed by atoms with van der Waals surface area (Å²) in [5, 5.41) is 6.01. The summed E-state index contributed by atoms with van der Waals surface area (Å²) in [5.41, 5.74) is 0.922. The van der Waals surface area contributed by atoms with Gasteiger partial charge in [0.25, 0.3) is 0 Å². The molecule has 2 aromatic carbocycles. The zero-order valence-electron chi connectivity index (χ0n) is 16.8. The Hall–Kier alpha value is -2.50. The van der Waals surface area contributed by atoms with Crippen LogP contribution in [0.25, 0.3) is 0 Å². The third kappa shape index (κ3) is 6.02. The van der Waals surface area contributed by atoms with E-state index in [-0.39, 0.29) is 15.8 Å². The first-order chi connectivity index (χ1) is 14.8. The van der Waals surface area contributed by atoms with E-state index in [0.717, 1.165) is 19.3 Å². The van der Waals surface area contributed by atoms with Crippen molar-refractivity contribution in [2.24, 2.45) is 0 Å². The second kappa shape index (κ2) is 10.2.